The van der Waals surface area contributed by atoms with E-state index in [-0.39, 0.29) is 23.3 Å². The zero-order valence-electron chi connectivity index (χ0n) is 22.4. The fourth-order valence-electron chi connectivity index (χ4n) is 6.59. The van der Waals surface area contributed by atoms with Crippen LogP contribution in [0.5, 0.6) is 5.75 Å². The number of hydrogen-bond donors (Lipinski definition) is 1. The predicted molar refractivity (Wildman–Crippen MR) is 147 cm³/mol. The van der Waals surface area contributed by atoms with Gasteiger partial charge >= 0.3 is 0 Å². The Labute approximate surface area is 221 Å². The van der Waals surface area contributed by atoms with Crippen LogP contribution < -0.4 is 10.1 Å². The van der Waals surface area contributed by atoms with Gasteiger partial charge in [0.15, 0.2) is 0 Å². The second kappa shape index (κ2) is 11.3. The van der Waals surface area contributed by atoms with Gasteiger partial charge in [-0.05, 0) is 49.6 Å². The van der Waals surface area contributed by atoms with E-state index in [1.165, 1.54) is 37.7 Å². The molecule has 0 unspecified atom stereocenters. The SMILES string of the molecule is CC(=O)N1CCC2(CC1)C[C@H](CC(=O)Nc1ccccc1CN(C)C1CCCCC1)c1ccccc1O2. The first kappa shape index (κ1) is 25.8. The maximum absolute atomic E-state index is 13.4. The van der Waals surface area contributed by atoms with Gasteiger partial charge in [0, 0.05) is 63.5 Å². The fraction of sp³-hybridized carbons (Fsp3) is 0.548. The van der Waals surface area contributed by atoms with E-state index in [9.17, 15) is 9.59 Å². The smallest absolute Gasteiger partial charge is 0.224 e. The molecule has 2 amide bonds. The van der Waals surface area contributed by atoms with Crippen LogP contribution in [0.2, 0.25) is 0 Å². The van der Waals surface area contributed by atoms with Crippen LogP contribution in [0.15, 0.2) is 48.5 Å². The molecular formula is C31H41N3O3. The average Bonchev–Trinajstić information content (AvgIpc) is 2.90. The number of benzene rings is 2. The lowest BCUT2D eigenvalue weighted by Gasteiger charge is -2.46. The van der Waals surface area contributed by atoms with Crippen LogP contribution in [-0.2, 0) is 16.1 Å². The number of nitrogens with zero attached hydrogens (tertiary/aromatic N) is 2. The highest BCUT2D eigenvalue weighted by Crippen LogP contribution is 2.46. The minimum Gasteiger partial charge on any atom is -0.487 e. The summed E-state index contributed by atoms with van der Waals surface area (Å²) in [4.78, 5) is 29.6. The van der Waals surface area contributed by atoms with E-state index in [1.807, 2.05) is 35.2 Å². The molecule has 5 rings (SSSR count). The molecule has 1 spiro atoms. The van der Waals surface area contributed by atoms with Crippen LogP contribution in [0.25, 0.3) is 0 Å². The Bertz CT molecular complexity index is 1100. The predicted octanol–water partition coefficient (Wildman–Crippen LogP) is 5.73. The first-order valence-corrected chi connectivity index (χ1v) is 14.0. The third-order valence-corrected chi connectivity index (χ3v) is 8.76. The number of fused-ring (bicyclic) bond motifs is 1. The standard InChI is InChI=1S/C31H41N3O3/c1-23(35)34-18-16-31(17-19-34)21-25(27-13-7-9-15-29(27)37-31)20-30(36)32-28-14-8-6-10-24(28)22-33(2)26-11-4-3-5-12-26/h6-10,13-15,25-26H,3-5,11-12,16-22H2,1-2H3,(H,32,36)/t25-/m0/s1. The van der Waals surface area contributed by atoms with Gasteiger partial charge in [0.1, 0.15) is 11.4 Å². The van der Waals surface area contributed by atoms with Gasteiger partial charge in [-0.25, -0.2) is 0 Å². The molecule has 37 heavy (non-hydrogen) atoms. The van der Waals surface area contributed by atoms with Crippen molar-refractivity contribution in [2.75, 3.05) is 25.5 Å². The lowest BCUT2D eigenvalue weighted by Crippen LogP contribution is -2.51. The Balaban J connectivity index is 1.27. The molecule has 0 radical (unpaired) electrons. The highest BCUT2D eigenvalue weighted by atomic mass is 16.5. The maximum Gasteiger partial charge on any atom is 0.224 e. The van der Waals surface area contributed by atoms with Crippen molar-refractivity contribution in [1.29, 1.82) is 0 Å². The number of carbonyl (C=O) groups excluding carboxylic acids is 2. The Morgan fingerprint density at radius 1 is 1.03 bits per heavy atom. The molecule has 2 aromatic carbocycles. The monoisotopic (exact) mass is 503 g/mol. The second-order valence-electron chi connectivity index (χ2n) is 11.3. The van der Waals surface area contributed by atoms with Crippen molar-refractivity contribution in [3.63, 3.8) is 0 Å². The third kappa shape index (κ3) is 6.01. The van der Waals surface area contributed by atoms with Gasteiger partial charge in [-0.15, -0.1) is 0 Å². The first-order chi connectivity index (χ1) is 17.9. The summed E-state index contributed by atoms with van der Waals surface area (Å²) in [6, 6.07) is 17.0. The minimum atomic E-state index is -0.314. The molecule has 198 valence electrons. The van der Waals surface area contributed by atoms with Gasteiger partial charge in [0.2, 0.25) is 11.8 Å². The Hall–Kier alpha value is -2.86. The normalized spacial score (nSPS) is 21.4. The zero-order chi connectivity index (χ0) is 25.8. The molecule has 1 saturated heterocycles. The van der Waals surface area contributed by atoms with Crippen molar-refractivity contribution in [2.24, 2.45) is 0 Å². The van der Waals surface area contributed by atoms with Crippen LogP contribution in [0.4, 0.5) is 5.69 Å². The van der Waals surface area contributed by atoms with Crippen LogP contribution in [0.1, 0.15) is 81.8 Å². The number of ether oxygens (including phenoxy) is 1. The molecule has 1 N–H and O–H groups in total. The maximum atomic E-state index is 13.4. The highest BCUT2D eigenvalue weighted by molar-refractivity contribution is 5.92. The Morgan fingerprint density at radius 3 is 2.49 bits per heavy atom. The van der Waals surface area contributed by atoms with Gasteiger partial charge in [-0.1, -0.05) is 55.7 Å². The quantitative estimate of drug-likeness (QED) is 0.547. The van der Waals surface area contributed by atoms with Gasteiger partial charge in [-0.3, -0.25) is 14.5 Å². The van der Waals surface area contributed by atoms with Gasteiger partial charge in [0.05, 0.1) is 0 Å². The van der Waals surface area contributed by atoms with Gasteiger partial charge < -0.3 is 15.0 Å². The number of amides is 2. The molecule has 2 aromatic rings. The second-order valence-corrected chi connectivity index (χ2v) is 11.3. The van der Waals surface area contributed by atoms with E-state index < -0.39 is 0 Å². The summed E-state index contributed by atoms with van der Waals surface area (Å²) in [7, 11) is 2.21. The Morgan fingerprint density at radius 2 is 1.73 bits per heavy atom. The summed E-state index contributed by atoms with van der Waals surface area (Å²) in [6.45, 7) is 3.89. The van der Waals surface area contributed by atoms with E-state index in [0.29, 0.717) is 25.6 Å². The number of nitrogens with one attached hydrogen (secondary N) is 1. The Kier molecular flexibility index (Phi) is 7.84. The van der Waals surface area contributed by atoms with Crippen LogP contribution >= 0.6 is 0 Å². The molecule has 0 aromatic heterocycles. The molecule has 6 nitrogen and oxygen atoms in total. The molecular weight excluding hydrogens is 462 g/mol. The summed E-state index contributed by atoms with van der Waals surface area (Å²) in [5, 5.41) is 3.25. The summed E-state index contributed by atoms with van der Waals surface area (Å²) in [5.74, 6) is 1.14. The van der Waals surface area contributed by atoms with E-state index in [1.54, 1.807) is 6.92 Å². The van der Waals surface area contributed by atoms with Crippen molar-refractivity contribution in [1.82, 2.24) is 9.80 Å². The minimum absolute atomic E-state index is 0.0470. The molecule has 2 fully saturated rings. The van der Waals surface area contributed by atoms with Crippen LogP contribution in [-0.4, -0.2) is 53.4 Å². The van der Waals surface area contributed by atoms with E-state index in [2.05, 4.69) is 35.5 Å². The zero-order valence-corrected chi connectivity index (χ0v) is 22.4. The van der Waals surface area contributed by atoms with Gasteiger partial charge in [0.25, 0.3) is 0 Å². The number of hydrogen-bond acceptors (Lipinski definition) is 4. The lowest BCUT2D eigenvalue weighted by molar-refractivity contribution is -0.132. The molecule has 2 heterocycles. The van der Waals surface area contributed by atoms with E-state index >= 15 is 0 Å². The van der Waals surface area contributed by atoms with Crippen molar-refractivity contribution in [3.8, 4) is 5.75 Å². The number of likely N-dealkylation sites (tertiary alicyclic amines) is 1. The number of carbonyl (C=O) groups is 2. The summed E-state index contributed by atoms with van der Waals surface area (Å²) in [6.07, 6.45) is 9.33. The molecule has 1 atom stereocenters. The molecule has 1 aliphatic carbocycles. The van der Waals surface area contributed by atoms with Crippen molar-refractivity contribution >= 4 is 17.5 Å². The molecule has 6 heteroatoms. The summed E-state index contributed by atoms with van der Waals surface area (Å²) in [5.41, 5.74) is 2.89. The molecule has 2 aliphatic heterocycles. The molecule has 1 saturated carbocycles. The number of para-hydroxylation sites is 2. The van der Waals surface area contributed by atoms with Crippen LogP contribution in [0.3, 0.4) is 0 Å². The number of rotatable bonds is 6. The average molecular weight is 504 g/mol. The first-order valence-electron chi connectivity index (χ1n) is 14.0. The topological polar surface area (TPSA) is 61.9 Å². The largest absolute Gasteiger partial charge is 0.487 e. The van der Waals surface area contributed by atoms with Crippen molar-refractivity contribution in [3.05, 3.63) is 59.7 Å². The molecule has 0 bridgehead atoms. The summed E-state index contributed by atoms with van der Waals surface area (Å²) >= 11 is 0. The van der Waals surface area contributed by atoms with Gasteiger partial charge in [-0.2, -0.15) is 0 Å². The van der Waals surface area contributed by atoms with Crippen LogP contribution in [0, 0.1) is 0 Å². The molecule has 3 aliphatic rings. The summed E-state index contributed by atoms with van der Waals surface area (Å²) < 4.78 is 6.56. The number of piperidine rings is 1. The highest BCUT2D eigenvalue weighted by Gasteiger charge is 2.44. The van der Waals surface area contributed by atoms with E-state index in [0.717, 1.165) is 42.8 Å². The van der Waals surface area contributed by atoms with E-state index in [4.69, 9.17) is 4.74 Å². The van der Waals surface area contributed by atoms with Crippen molar-refractivity contribution < 1.29 is 14.3 Å². The third-order valence-electron chi connectivity index (χ3n) is 8.76. The lowest BCUT2D eigenvalue weighted by atomic mass is 9.76. The van der Waals surface area contributed by atoms with Crippen molar-refractivity contribution in [2.45, 2.75) is 88.8 Å². The number of anilines is 1. The fourth-order valence-corrected chi connectivity index (χ4v) is 6.59.